The molecule has 1 saturated heterocycles. The number of rotatable bonds is 9. The van der Waals surface area contributed by atoms with Gasteiger partial charge in [0.2, 0.25) is 5.91 Å². The molecule has 8 heteroatoms. The lowest BCUT2D eigenvalue weighted by Gasteiger charge is -2.41. The molecule has 0 unspecified atom stereocenters. The maximum Gasteiger partial charge on any atom is 0.226 e. The van der Waals surface area contributed by atoms with E-state index in [4.69, 9.17) is 0 Å². The zero-order valence-corrected chi connectivity index (χ0v) is 21.5. The summed E-state index contributed by atoms with van der Waals surface area (Å²) in [6.45, 7) is 7.07. The quantitative estimate of drug-likeness (QED) is 0.531. The highest BCUT2D eigenvalue weighted by molar-refractivity contribution is 7.90. The number of hydrogen-bond acceptors (Lipinski definition) is 6. The molecule has 0 N–H and O–H groups in total. The molecule has 0 bridgehead atoms. The normalized spacial score (nSPS) is 19.8. The van der Waals surface area contributed by atoms with Crippen molar-refractivity contribution in [1.29, 1.82) is 5.26 Å². The Morgan fingerprint density at radius 3 is 2.44 bits per heavy atom. The van der Waals surface area contributed by atoms with Crippen LogP contribution in [-0.4, -0.2) is 67.6 Å². The molecule has 0 aromatic heterocycles. The molecule has 34 heavy (non-hydrogen) atoms. The second kappa shape index (κ2) is 11.5. The molecule has 1 aliphatic carbocycles. The van der Waals surface area contributed by atoms with Crippen molar-refractivity contribution in [2.24, 2.45) is 5.92 Å². The summed E-state index contributed by atoms with van der Waals surface area (Å²) in [4.78, 5) is 29.7. The SMILES string of the molecule is Cc1c(CC(=O)CCCS(C)(=O)=O)cc(C#N)cc1CN1CCN(C(=O)C2CCCC2)[C@@H](C)C1. The number of nitrogens with zero attached hydrogens (tertiary/aromatic N) is 3. The van der Waals surface area contributed by atoms with E-state index in [2.05, 4.69) is 17.9 Å². The summed E-state index contributed by atoms with van der Waals surface area (Å²) in [5.41, 5.74) is 3.40. The highest BCUT2D eigenvalue weighted by atomic mass is 32.2. The van der Waals surface area contributed by atoms with E-state index in [9.17, 15) is 23.3 Å². The van der Waals surface area contributed by atoms with Crippen molar-refractivity contribution >= 4 is 21.5 Å². The molecule has 0 spiro atoms. The van der Waals surface area contributed by atoms with E-state index in [0.717, 1.165) is 62.0 Å². The van der Waals surface area contributed by atoms with E-state index in [1.807, 2.05) is 17.9 Å². The Morgan fingerprint density at radius 1 is 1.15 bits per heavy atom. The predicted octanol–water partition coefficient (Wildman–Crippen LogP) is 3.03. The first-order chi connectivity index (χ1) is 16.1. The van der Waals surface area contributed by atoms with Crippen molar-refractivity contribution < 1.29 is 18.0 Å². The number of amides is 1. The van der Waals surface area contributed by atoms with Crippen molar-refractivity contribution in [2.75, 3.05) is 31.6 Å². The monoisotopic (exact) mass is 487 g/mol. The van der Waals surface area contributed by atoms with Crippen LogP contribution in [0.25, 0.3) is 0 Å². The van der Waals surface area contributed by atoms with E-state index in [1.165, 1.54) is 6.26 Å². The molecule has 1 amide bonds. The highest BCUT2D eigenvalue weighted by Gasteiger charge is 2.33. The van der Waals surface area contributed by atoms with Crippen molar-refractivity contribution in [3.05, 3.63) is 34.4 Å². The molecule has 1 aromatic rings. The summed E-state index contributed by atoms with van der Waals surface area (Å²) in [5.74, 6) is 0.500. The molecule has 186 valence electrons. The lowest BCUT2D eigenvalue weighted by Crippen LogP contribution is -2.54. The average Bonchev–Trinajstić information content (AvgIpc) is 3.30. The van der Waals surface area contributed by atoms with Crippen molar-refractivity contribution in [2.45, 2.75) is 71.4 Å². The van der Waals surface area contributed by atoms with Crippen LogP contribution in [0.1, 0.15) is 67.7 Å². The van der Waals surface area contributed by atoms with Gasteiger partial charge in [-0.3, -0.25) is 14.5 Å². The second-order valence-corrected chi connectivity index (χ2v) is 12.3. The number of carbonyl (C=O) groups excluding carboxylic acids is 2. The molecule has 0 radical (unpaired) electrons. The van der Waals surface area contributed by atoms with Crippen LogP contribution in [-0.2, 0) is 32.4 Å². The summed E-state index contributed by atoms with van der Waals surface area (Å²) in [7, 11) is -3.08. The third-order valence-electron chi connectivity index (χ3n) is 7.20. The van der Waals surface area contributed by atoms with E-state index in [0.29, 0.717) is 24.4 Å². The summed E-state index contributed by atoms with van der Waals surface area (Å²) < 4.78 is 22.6. The Bertz CT molecular complexity index is 1050. The number of sulfone groups is 1. The largest absolute Gasteiger partial charge is 0.337 e. The lowest BCUT2D eigenvalue weighted by atomic mass is 9.94. The van der Waals surface area contributed by atoms with Crippen LogP contribution in [0.3, 0.4) is 0 Å². The zero-order valence-electron chi connectivity index (χ0n) is 20.7. The van der Waals surface area contributed by atoms with E-state index >= 15 is 0 Å². The molecule has 1 atom stereocenters. The van der Waals surface area contributed by atoms with Crippen LogP contribution in [0.4, 0.5) is 0 Å². The molecular weight excluding hydrogens is 450 g/mol. The zero-order chi connectivity index (χ0) is 24.9. The third kappa shape index (κ3) is 7.13. The van der Waals surface area contributed by atoms with Gasteiger partial charge in [-0.1, -0.05) is 12.8 Å². The Kier molecular flexibility index (Phi) is 8.89. The molecule has 7 nitrogen and oxygen atoms in total. The van der Waals surface area contributed by atoms with Gasteiger partial charge >= 0.3 is 0 Å². The van der Waals surface area contributed by atoms with Gasteiger partial charge in [-0.2, -0.15) is 5.26 Å². The van der Waals surface area contributed by atoms with E-state index in [-0.39, 0.29) is 36.3 Å². The van der Waals surface area contributed by atoms with Gasteiger partial charge in [0.1, 0.15) is 15.6 Å². The average molecular weight is 488 g/mol. The second-order valence-electron chi connectivity index (χ2n) is 10.1. The Morgan fingerprint density at radius 2 is 1.82 bits per heavy atom. The minimum absolute atomic E-state index is 0.00855. The number of carbonyl (C=O) groups is 2. The minimum Gasteiger partial charge on any atom is -0.337 e. The summed E-state index contributed by atoms with van der Waals surface area (Å²) in [6, 6.07) is 6.03. The Balaban J connectivity index is 1.64. The first-order valence-electron chi connectivity index (χ1n) is 12.3. The molecule has 2 aliphatic rings. The Labute approximate surface area is 204 Å². The van der Waals surface area contributed by atoms with Gasteiger partial charge in [0.15, 0.2) is 0 Å². The maximum atomic E-state index is 12.9. The van der Waals surface area contributed by atoms with Gasteiger partial charge in [0.25, 0.3) is 0 Å². The summed E-state index contributed by atoms with van der Waals surface area (Å²) in [6.07, 6.45) is 6.26. The smallest absolute Gasteiger partial charge is 0.226 e. The van der Waals surface area contributed by atoms with Gasteiger partial charge in [-0.05, 0) is 61.9 Å². The number of hydrogen-bond donors (Lipinski definition) is 0. The van der Waals surface area contributed by atoms with Crippen LogP contribution < -0.4 is 0 Å². The fraction of sp³-hybridized carbons (Fsp3) is 0.654. The third-order valence-corrected chi connectivity index (χ3v) is 8.23. The van der Waals surface area contributed by atoms with Crippen LogP contribution in [0.5, 0.6) is 0 Å². The molecule has 3 rings (SSSR count). The number of nitriles is 1. The van der Waals surface area contributed by atoms with E-state index in [1.54, 1.807) is 6.07 Å². The van der Waals surface area contributed by atoms with Crippen molar-refractivity contribution in [3.8, 4) is 6.07 Å². The van der Waals surface area contributed by atoms with Crippen LogP contribution in [0, 0.1) is 24.2 Å². The maximum absolute atomic E-state index is 12.9. The first-order valence-corrected chi connectivity index (χ1v) is 14.4. The van der Waals surface area contributed by atoms with Crippen LogP contribution in [0.2, 0.25) is 0 Å². The number of piperazine rings is 1. The standard InChI is InChI=1S/C26H37N3O4S/c1-19-17-28(10-11-29(19)26(31)22-7-4-5-8-22)18-24-14-21(16-27)13-23(20(24)2)15-25(30)9-6-12-34(3,32)33/h13-14,19,22H,4-12,15,17-18H2,1-3H3/t19-/m0/s1. The van der Waals surface area contributed by atoms with Crippen molar-refractivity contribution in [1.82, 2.24) is 9.80 Å². The molecular formula is C26H37N3O4S. The minimum atomic E-state index is -3.08. The number of ketones is 1. The van der Waals surface area contributed by atoms with Crippen LogP contribution in [0.15, 0.2) is 12.1 Å². The summed E-state index contributed by atoms with van der Waals surface area (Å²) >= 11 is 0. The van der Waals surface area contributed by atoms with Gasteiger partial charge < -0.3 is 4.90 Å². The molecule has 2 fully saturated rings. The molecule has 1 heterocycles. The van der Waals surface area contributed by atoms with Gasteiger partial charge in [-0.25, -0.2) is 8.42 Å². The van der Waals surface area contributed by atoms with E-state index < -0.39 is 9.84 Å². The van der Waals surface area contributed by atoms with Gasteiger partial charge in [-0.15, -0.1) is 0 Å². The lowest BCUT2D eigenvalue weighted by molar-refractivity contribution is -0.140. The first kappa shape index (κ1) is 26.4. The Hall–Kier alpha value is -2.24. The molecule has 1 saturated carbocycles. The number of Topliss-reactive ketones (excluding diaryl/α,β-unsaturated/α-hetero) is 1. The molecule has 1 aromatic carbocycles. The topological polar surface area (TPSA) is 98.5 Å². The summed E-state index contributed by atoms with van der Waals surface area (Å²) in [5, 5.41) is 9.53. The van der Waals surface area contributed by atoms with Crippen LogP contribution >= 0.6 is 0 Å². The van der Waals surface area contributed by atoms with Gasteiger partial charge in [0, 0.05) is 57.2 Å². The molecule has 1 aliphatic heterocycles. The number of benzene rings is 1. The fourth-order valence-electron chi connectivity index (χ4n) is 5.24. The highest BCUT2D eigenvalue weighted by Crippen LogP contribution is 2.28. The fourth-order valence-corrected chi connectivity index (χ4v) is 5.91. The van der Waals surface area contributed by atoms with Gasteiger partial charge in [0.05, 0.1) is 17.4 Å². The van der Waals surface area contributed by atoms with Crippen molar-refractivity contribution in [3.63, 3.8) is 0 Å². The predicted molar refractivity (Wildman–Crippen MR) is 132 cm³/mol.